The molecule has 1 saturated carbocycles. The normalized spacial score (nSPS) is 25.5. The number of nitrogens with one attached hydrogen (secondary N) is 3. The molecule has 1 saturated heterocycles. The van der Waals surface area contributed by atoms with Crippen LogP contribution in [0.4, 0.5) is 5.69 Å². The molecule has 1 aromatic rings. The van der Waals surface area contributed by atoms with Crippen LogP contribution in [0.5, 0.6) is 0 Å². The lowest BCUT2D eigenvalue weighted by Gasteiger charge is -2.20. The Morgan fingerprint density at radius 1 is 1.19 bits per heavy atom. The summed E-state index contributed by atoms with van der Waals surface area (Å²) in [6, 6.07) is 7.38. The average molecular weight is 375 g/mol. The fraction of sp³-hybridized carbons (Fsp3) is 0.600. The SMILES string of the molecule is CC(=O)Nc1ccc(CN[C@@H]2CO[C@H](CNC(=O)C3CCCC3)[C@H]2O)cc1. The molecule has 3 rings (SSSR count). The third-order valence-corrected chi connectivity index (χ3v) is 5.33. The summed E-state index contributed by atoms with van der Waals surface area (Å²) < 4.78 is 5.67. The van der Waals surface area contributed by atoms with E-state index in [-0.39, 0.29) is 29.9 Å². The van der Waals surface area contributed by atoms with Gasteiger partial charge in [0, 0.05) is 31.6 Å². The second-order valence-electron chi connectivity index (χ2n) is 7.45. The Balaban J connectivity index is 1.41. The Hall–Kier alpha value is -1.96. The third kappa shape index (κ3) is 5.51. The molecular formula is C20H29N3O4. The van der Waals surface area contributed by atoms with Gasteiger partial charge in [0.05, 0.1) is 18.8 Å². The number of ether oxygens (including phenoxy) is 1. The first-order valence-electron chi connectivity index (χ1n) is 9.70. The van der Waals surface area contributed by atoms with Crippen molar-refractivity contribution < 1.29 is 19.4 Å². The van der Waals surface area contributed by atoms with Crippen LogP contribution >= 0.6 is 0 Å². The monoisotopic (exact) mass is 375 g/mol. The number of rotatable bonds is 7. The first kappa shape index (κ1) is 19.8. The van der Waals surface area contributed by atoms with Crippen molar-refractivity contribution in [2.45, 2.75) is 57.4 Å². The van der Waals surface area contributed by atoms with E-state index in [2.05, 4.69) is 16.0 Å². The maximum absolute atomic E-state index is 12.1. The molecule has 0 bridgehead atoms. The fourth-order valence-electron chi connectivity index (χ4n) is 3.73. The Labute approximate surface area is 159 Å². The predicted octanol–water partition coefficient (Wildman–Crippen LogP) is 1.17. The fourth-order valence-corrected chi connectivity index (χ4v) is 3.73. The molecule has 1 aromatic carbocycles. The standard InChI is InChI=1S/C20H29N3O4/c1-13(24)23-16-8-6-14(7-9-16)10-21-17-12-27-18(19(17)25)11-22-20(26)15-4-2-3-5-15/h6-9,15,17-19,21,25H,2-5,10-12H2,1H3,(H,22,26)(H,23,24)/t17-,18-,19+/m1/s1. The summed E-state index contributed by atoms with van der Waals surface area (Å²) in [7, 11) is 0. The predicted molar refractivity (Wildman–Crippen MR) is 102 cm³/mol. The van der Waals surface area contributed by atoms with Crippen molar-refractivity contribution >= 4 is 17.5 Å². The second kappa shape index (κ2) is 9.30. The van der Waals surface area contributed by atoms with Crippen molar-refractivity contribution in [3.05, 3.63) is 29.8 Å². The molecule has 1 aliphatic carbocycles. The van der Waals surface area contributed by atoms with Crippen LogP contribution in [0.3, 0.4) is 0 Å². The first-order chi connectivity index (χ1) is 13.0. The van der Waals surface area contributed by atoms with Gasteiger partial charge in [-0.15, -0.1) is 0 Å². The van der Waals surface area contributed by atoms with E-state index >= 15 is 0 Å². The lowest BCUT2D eigenvalue weighted by molar-refractivity contribution is -0.125. The summed E-state index contributed by atoms with van der Waals surface area (Å²) in [5, 5.41) is 19.4. The molecule has 7 heteroatoms. The van der Waals surface area contributed by atoms with Crippen molar-refractivity contribution in [3.63, 3.8) is 0 Å². The van der Waals surface area contributed by atoms with E-state index < -0.39 is 6.10 Å². The van der Waals surface area contributed by atoms with Crippen LogP contribution in [0, 0.1) is 5.92 Å². The highest BCUT2D eigenvalue weighted by Gasteiger charge is 2.36. The van der Waals surface area contributed by atoms with Crippen LogP contribution in [0.1, 0.15) is 38.2 Å². The zero-order chi connectivity index (χ0) is 19.2. The van der Waals surface area contributed by atoms with Gasteiger partial charge in [-0.1, -0.05) is 25.0 Å². The quantitative estimate of drug-likeness (QED) is 0.573. The summed E-state index contributed by atoms with van der Waals surface area (Å²) in [5.41, 5.74) is 1.81. The van der Waals surface area contributed by atoms with Gasteiger partial charge >= 0.3 is 0 Å². The number of hydrogen-bond donors (Lipinski definition) is 4. The highest BCUT2D eigenvalue weighted by Crippen LogP contribution is 2.24. The lowest BCUT2D eigenvalue weighted by atomic mass is 10.1. The number of anilines is 1. The molecule has 1 aliphatic heterocycles. The molecule has 0 aromatic heterocycles. The molecule has 148 valence electrons. The summed E-state index contributed by atoms with van der Waals surface area (Å²) in [6.07, 6.45) is 3.13. The number of amides is 2. The van der Waals surface area contributed by atoms with Crippen molar-refractivity contribution in [3.8, 4) is 0 Å². The van der Waals surface area contributed by atoms with Gasteiger partial charge in [-0.25, -0.2) is 0 Å². The number of carbonyl (C=O) groups excluding carboxylic acids is 2. The molecule has 27 heavy (non-hydrogen) atoms. The van der Waals surface area contributed by atoms with Crippen molar-refractivity contribution in [2.24, 2.45) is 5.92 Å². The molecule has 2 aliphatic rings. The molecule has 7 nitrogen and oxygen atoms in total. The Bertz CT molecular complexity index is 643. The summed E-state index contributed by atoms with van der Waals surface area (Å²) in [6.45, 7) is 2.82. The molecule has 2 fully saturated rings. The largest absolute Gasteiger partial charge is 0.389 e. The first-order valence-corrected chi connectivity index (χ1v) is 9.70. The van der Waals surface area contributed by atoms with Gasteiger partial charge in [-0.2, -0.15) is 0 Å². The molecule has 4 N–H and O–H groups in total. The van der Waals surface area contributed by atoms with E-state index in [0.717, 1.165) is 36.9 Å². The topological polar surface area (TPSA) is 99.7 Å². The maximum Gasteiger partial charge on any atom is 0.223 e. The Kier molecular flexibility index (Phi) is 6.82. The zero-order valence-corrected chi connectivity index (χ0v) is 15.7. The van der Waals surface area contributed by atoms with Gasteiger partial charge in [0.1, 0.15) is 6.10 Å². The Morgan fingerprint density at radius 2 is 1.89 bits per heavy atom. The Morgan fingerprint density at radius 3 is 2.56 bits per heavy atom. The average Bonchev–Trinajstić information content (AvgIpc) is 3.29. The van der Waals surface area contributed by atoms with Crippen LogP contribution in [0.15, 0.2) is 24.3 Å². The van der Waals surface area contributed by atoms with Gasteiger partial charge in [0.25, 0.3) is 0 Å². The van der Waals surface area contributed by atoms with Crippen LogP contribution in [0.25, 0.3) is 0 Å². The minimum absolute atomic E-state index is 0.0824. The van der Waals surface area contributed by atoms with E-state index in [1.807, 2.05) is 24.3 Å². The van der Waals surface area contributed by atoms with Crippen molar-refractivity contribution in [1.29, 1.82) is 0 Å². The lowest BCUT2D eigenvalue weighted by Crippen LogP contribution is -2.45. The van der Waals surface area contributed by atoms with Crippen LogP contribution in [-0.4, -0.2) is 48.3 Å². The molecule has 1 heterocycles. The summed E-state index contributed by atoms with van der Waals surface area (Å²) in [4.78, 5) is 23.1. The van der Waals surface area contributed by atoms with Crippen molar-refractivity contribution in [2.75, 3.05) is 18.5 Å². The summed E-state index contributed by atoms with van der Waals surface area (Å²) in [5.74, 6) is 0.107. The zero-order valence-electron chi connectivity index (χ0n) is 15.7. The highest BCUT2D eigenvalue weighted by molar-refractivity contribution is 5.88. The number of aliphatic hydroxyl groups excluding tert-OH is 1. The molecule has 0 radical (unpaired) electrons. The van der Waals surface area contributed by atoms with Crippen LogP contribution in [0.2, 0.25) is 0 Å². The number of benzene rings is 1. The van der Waals surface area contributed by atoms with Crippen LogP contribution < -0.4 is 16.0 Å². The minimum atomic E-state index is -0.660. The molecule has 2 amide bonds. The van der Waals surface area contributed by atoms with E-state index in [4.69, 9.17) is 4.74 Å². The molecule has 0 unspecified atom stereocenters. The van der Waals surface area contributed by atoms with Gasteiger partial charge in [0.15, 0.2) is 0 Å². The smallest absolute Gasteiger partial charge is 0.223 e. The van der Waals surface area contributed by atoms with Gasteiger partial charge < -0.3 is 25.8 Å². The van der Waals surface area contributed by atoms with E-state index in [9.17, 15) is 14.7 Å². The number of carbonyl (C=O) groups is 2. The molecular weight excluding hydrogens is 346 g/mol. The second-order valence-corrected chi connectivity index (χ2v) is 7.45. The number of hydrogen-bond acceptors (Lipinski definition) is 5. The highest BCUT2D eigenvalue weighted by atomic mass is 16.5. The van der Waals surface area contributed by atoms with Gasteiger partial charge in [0.2, 0.25) is 11.8 Å². The maximum atomic E-state index is 12.1. The van der Waals surface area contributed by atoms with Crippen LogP contribution in [-0.2, 0) is 20.9 Å². The van der Waals surface area contributed by atoms with E-state index in [1.165, 1.54) is 6.92 Å². The van der Waals surface area contributed by atoms with E-state index in [1.54, 1.807) is 0 Å². The van der Waals surface area contributed by atoms with Crippen molar-refractivity contribution in [1.82, 2.24) is 10.6 Å². The number of aliphatic hydroxyl groups is 1. The van der Waals surface area contributed by atoms with Gasteiger partial charge in [-0.05, 0) is 30.5 Å². The third-order valence-electron chi connectivity index (χ3n) is 5.33. The summed E-state index contributed by atoms with van der Waals surface area (Å²) >= 11 is 0. The van der Waals surface area contributed by atoms with Gasteiger partial charge in [-0.3, -0.25) is 9.59 Å². The van der Waals surface area contributed by atoms with E-state index in [0.29, 0.717) is 19.7 Å². The molecule has 0 spiro atoms. The molecule has 3 atom stereocenters. The minimum Gasteiger partial charge on any atom is -0.389 e.